The Labute approximate surface area is 354 Å². The van der Waals surface area contributed by atoms with Gasteiger partial charge in [-0.3, -0.25) is 39.2 Å². The average molecular weight is 769 g/mol. The number of benzene rings is 4. The molecule has 0 aliphatic carbocycles. The second kappa shape index (κ2) is 21.9. The number of ketones is 1. The Balaban J connectivity index is 0.000000391. The molecular weight excluding hydrogens is 731 g/mol. The van der Waals surface area contributed by atoms with Crippen molar-refractivity contribution in [1.29, 1.82) is 0 Å². The minimum absolute atomic E-state index is 0. The molecule has 53 heavy (non-hydrogen) atoms. The summed E-state index contributed by atoms with van der Waals surface area (Å²) >= 11 is 5.21. The fourth-order valence-corrected chi connectivity index (χ4v) is 4.92. The van der Waals surface area contributed by atoms with Gasteiger partial charge in [0.1, 0.15) is 5.75 Å². The Kier molecular flexibility index (Phi) is 18.4. The van der Waals surface area contributed by atoms with E-state index < -0.39 is 15.1 Å². The van der Waals surface area contributed by atoms with Crippen LogP contribution in [-0.4, -0.2) is 56.7 Å². The van der Waals surface area contributed by atoms with Crippen LogP contribution in [0.2, 0.25) is 0 Å². The minimum atomic E-state index is -0.509. The number of aromatic amines is 1. The number of carbonyl (C=O) groups excluding carboxylic acids is 3. The number of ether oxygens (including phenoxy) is 2. The summed E-state index contributed by atoms with van der Waals surface area (Å²) in [7, 11) is 1.56. The van der Waals surface area contributed by atoms with Crippen molar-refractivity contribution in [2.45, 2.75) is 27.2 Å². The molecule has 1 aliphatic rings. The third kappa shape index (κ3) is 12.8. The van der Waals surface area contributed by atoms with Gasteiger partial charge in [-0.1, -0.05) is 19.6 Å². The average Bonchev–Trinajstić information content (AvgIpc) is 3.95. The van der Waals surface area contributed by atoms with Crippen molar-refractivity contribution < 1.29 is 86.5 Å². The van der Waals surface area contributed by atoms with E-state index in [1.165, 1.54) is 54.7 Å². The van der Waals surface area contributed by atoms with E-state index in [1.54, 1.807) is 80.2 Å². The molecule has 1 N–H and O–H groups in total. The molecule has 0 radical (unpaired) electrons. The summed E-state index contributed by atoms with van der Waals surface area (Å²) in [6.07, 6.45) is 5.93. The quantitative estimate of drug-likeness (QED) is 0.0686. The molecular formula is C38H38ClKN4O9. The number of methoxy groups -OCH3 is 1. The van der Waals surface area contributed by atoms with Crippen LogP contribution < -0.4 is 56.1 Å². The number of carbonyl (C=O) groups is 3. The van der Waals surface area contributed by atoms with Crippen LogP contribution in [0.25, 0.3) is 21.8 Å². The number of nitrogens with one attached hydrogen (secondary N) is 1. The molecule has 272 valence electrons. The van der Waals surface area contributed by atoms with Crippen LogP contribution in [0.4, 0.5) is 11.4 Å². The number of nitrogens with zero attached hydrogens (tertiary/aromatic N) is 3. The first-order valence-corrected chi connectivity index (χ1v) is 15.9. The fraction of sp³-hybridized carbons (Fsp3) is 0.184. The number of aromatic nitrogens is 2. The molecule has 1 aliphatic heterocycles. The van der Waals surface area contributed by atoms with E-state index in [4.69, 9.17) is 21.1 Å². The van der Waals surface area contributed by atoms with E-state index in [1.807, 2.05) is 6.07 Å². The Hall–Kier alpha value is -4.54. The Morgan fingerprint density at radius 1 is 0.792 bits per heavy atom. The maximum atomic E-state index is 12.5. The number of nitro benzene ring substituents is 2. The van der Waals surface area contributed by atoms with Crippen molar-refractivity contribution in [2.24, 2.45) is 0 Å². The first-order chi connectivity index (χ1) is 24.5. The van der Waals surface area contributed by atoms with Crippen LogP contribution >= 0.6 is 11.6 Å². The Bertz CT molecular complexity index is 2130. The van der Waals surface area contributed by atoms with Gasteiger partial charge in [0.25, 0.3) is 22.5 Å². The molecule has 0 amide bonds. The first-order valence-electron chi connectivity index (χ1n) is 15.5. The van der Waals surface area contributed by atoms with E-state index in [-0.39, 0.29) is 83.3 Å². The smallest absolute Gasteiger partial charge is 1.00 e. The number of nitro groups is 2. The molecule has 2 aromatic heterocycles. The molecule has 13 nitrogen and oxygen atoms in total. The topological polar surface area (TPSA) is 177 Å². The summed E-state index contributed by atoms with van der Waals surface area (Å²) < 4.78 is 11.5. The number of hydrogen-bond acceptors (Lipinski definition) is 9. The number of hydrogen-bond donors (Lipinski definition) is 1. The van der Waals surface area contributed by atoms with Gasteiger partial charge in [0, 0.05) is 82.9 Å². The van der Waals surface area contributed by atoms with Crippen molar-refractivity contribution in [3.63, 3.8) is 0 Å². The van der Waals surface area contributed by atoms with Crippen molar-refractivity contribution in [3.8, 4) is 5.75 Å². The predicted molar refractivity (Wildman–Crippen MR) is 201 cm³/mol. The zero-order valence-electron chi connectivity index (χ0n) is 29.6. The van der Waals surface area contributed by atoms with Gasteiger partial charge in [0.2, 0.25) is 0 Å². The monoisotopic (exact) mass is 768 g/mol. The summed E-state index contributed by atoms with van der Waals surface area (Å²) in [5, 5.41) is 22.2. The van der Waals surface area contributed by atoms with Crippen molar-refractivity contribution in [2.75, 3.05) is 20.3 Å². The van der Waals surface area contributed by atoms with Crippen LogP contribution in [-0.2, 0) is 4.74 Å². The van der Waals surface area contributed by atoms with Gasteiger partial charge in [0.05, 0.1) is 22.5 Å². The van der Waals surface area contributed by atoms with Crippen LogP contribution in [0.1, 0.15) is 59.7 Å². The second-order valence-electron chi connectivity index (χ2n) is 11.0. The van der Waals surface area contributed by atoms with Crippen LogP contribution in [0, 0.1) is 20.2 Å². The second-order valence-corrected chi connectivity index (χ2v) is 11.3. The molecule has 0 spiro atoms. The zero-order valence-corrected chi connectivity index (χ0v) is 32.5. The molecule has 4 aromatic carbocycles. The SMILES string of the molecule is C.C1CCOC1.CC(=O)c1ccc(C(=O)Cl)cc1.COc1ccc(C(=O)n2ccc3cc([N+](=O)[O-])ccc32)cc1.O=[N+]([O-])c1ccc2[nH]ccc2c1.[H-].[K+]. The molecule has 7 rings (SSSR count). The first kappa shape index (κ1) is 44.6. The summed E-state index contributed by atoms with van der Waals surface area (Å²) in [6, 6.07) is 25.7. The summed E-state index contributed by atoms with van der Waals surface area (Å²) in [6.45, 7) is 3.47. The minimum Gasteiger partial charge on any atom is -1.00 e. The predicted octanol–water partition coefficient (Wildman–Crippen LogP) is 6.14. The zero-order chi connectivity index (χ0) is 36.9. The number of halogens is 1. The summed E-state index contributed by atoms with van der Waals surface area (Å²) in [4.78, 5) is 57.2. The maximum Gasteiger partial charge on any atom is 1.00 e. The van der Waals surface area contributed by atoms with Gasteiger partial charge >= 0.3 is 51.4 Å². The number of rotatable bonds is 6. The molecule has 0 saturated carbocycles. The van der Waals surface area contributed by atoms with Crippen molar-refractivity contribution >= 4 is 61.7 Å². The number of H-pyrrole nitrogens is 1. The van der Waals surface area contributed by atoms with Gasteiger partial charge in [-0.05, 0) is 92.0 Å². The maximum absolute atomic E-state index is 12.5. The number of fused-ring (bicyclic) bond motifs is 2. The van der Waals surface area contributed by atoms with E-state index in [0.717, 1.165) is 24.1 Å². The van der Waals surface area contributed by atoms with Crippen molar-refractivity contribution in [3.05, 3.63) is 146 Å². The third-order valence-electron chi connectivity index (χ3n) is 7.53. The molecule has 0 atom stereocenters. The summed E-state index contributed by atoms with van der Waals surface area (Å²) in [5.74, 6) is 0.444. The van der Waals surface area contributed by atoms with Gasteiger partial charge in [0.15, 0.2) is 5.78 Å². The van der Waals surface area contributed by atoms with Gasteiger partial charge in [-0.2, -0.15) is 0 Å². The molecule has 15 heteroatoms. The summed E-state index contributed by atoms with van der Waals surface area (Å²) in [5.41, 5.74) is 3.17. The van der Waals surface area contributed by atoms with Gasteiger partial charge in [-0.15, -0.1) is 0 Å². The van der Waals surface area contributed by atoms with Crippen LogP contribution in [0.3, 0.4) is 0 Å². The Morgan fingerprint density at radius 3 is 1.85 bits per heavy atom. The fourth-order valence-electron chi connectivity index (χ4n) is 4.79. The van der Waals surface area contributed by atoms with E-state index in [0.29, 0.717) is 33.3 Å². The molecule has 1 fully saturated rings. The van der Waals surface area contributed by atoms with Gasteiger partial charge in [-0.25, -0.2) is 0 Å². The van der Waals surface area contributed by atoms with Crippen molar-refractivity contribution in [1.82, 2.24) is 9.55 Å². The number of Topliss-reactive ketones (excluding diaryl/α,β-unsaturated/α-hetero) is 1. The van der Waals surface area contributed by atoms with E-state index in [9.17, 15) is 34.6 Å². The third-order valence-corrected chi connectivity index (χ3v) is 7.75. The largest absolute Gasteiger partial charge is 1.00 e. The van der Waals surface area contributed by atoms with Crippen LogP contribution in [0.15, 0.2) is 109 Å². The molecule has 3 heterocycles. The van der Waals surface area contributed by atoms with Crippen LogP contribution in [0.5, 0.6) is 5.75 Å². The van der Waals surface area contributed by atoms with Gasteiger partial charge < -0.3 is 15.9 Å². The normalized spacial score (nSPS) is 11.2. The number of non-ortho nitro benzene ring substituents is 2. The standard InChI is InChI=1S/C16H12N2O4.C9H7ClO2.C8H6N2O2.C4H8O.CH4.K.H/c1-22-14-5-2-11(3-6-14)16(19)17-9-8-12-10-13(18(20)21)4-7-15(12)17;1-6(11)7-2-4-8(5-3-7)9(10)12;11-10(12)7-1-2-8-6(5-7)3-4-9-8;1-2-4-5-3-1;;;/h2-10H,1H3;2-5H,1H3;1-5,9H;1-4H2;1H4;;/q;;;;;+1;-1. The van der Waals surface area contributed by atoms with E-state index in [2.05, 4.69) is 4.98 Å². The molecule has 6 aromatic rings. The molecule has 0 unspecified atom stereocenters. The molecule has 1 saturated heterocycles. The molecule has 0 bridgehead atoms. The Morgan fingerprint density at radius 2 is 1.34 bits per heavy atom. The van der Waals surface area contributed by atoms with E-state index >= 15 is 0 Å².